The Bertz CT molecular complexity index is 400. The second-order valence-electron chi connectivity index (χ2n) is 6.13. The minimum absolute atomic E-state index is 0.680. The lowest BCUT2D eigenvalue weighted by molar-refractivity contribution is 0.259. The van der Waals surface area contributed by atoms with Crippen molar-refractivity contribution >= 4 is 22.6 Å². The van der Waals surface area contributed by atoms with Gasteiger partial charge in [-0.3, -0.25) is 0 Å². The Balaban J connectivity index is 1.52. The van der Waals surface area contributed by atoms with E-state index in [2.05, 4.69) is 59.1 Å². The molecule has 0 radical (unpaired) electrons. The fraction of sp³-hybridized carbons (Fsp3) is 0.625. The number of hydrogen-bond donors (Lipinski definition) is 1. The predicted molar refractivity (Wildman–Crippen MR) is 84.4 cm³/mol. The molecule has 2 bridgehead atoms. The molecule has 0 aliphatic heterocycles. The second kappa shape index (κ2) is 5.49. The van der Waals surface area contributed by atoms with Crippen molar-refractivity contribution < 1.29 is 0 Å². The molecule has 98 valence electrons. The summed E-state index contributed by atoms with van der Waals surface area (Å²) in [6.07, 6.45) is 5.99. The molecule has 0 heterocycles. The molecular weight excluding hydrogens is 333 g/mol. The molecular formula is C16H22IN. The van der Waals surface area contributed by atoms with E-state index in [9.17, 15) is 0 Å². The summed E-state index contributed by atoms with van der Waals surface area (Å²) in [4.78, 5) is 0. The molecule has 2 fully saturated rings. The normalized spacial score (nSPS) is 31.8. The molecule has 4 atom stereocenters. The highest BCUT2D eigenvalue weighted by Gasteiger charge is 2.41. The van der Waals surface area contributed by atoms with Crippen molar-refractivity contribution in [1.29, 1.82) is 0 Å². The van der Waals surface area contributed by atoms with Crippen LogP contribution in [0, 0.1) is 21.3 Å². The molecule has 2 heteroatoms. The molecule has 18 heavy (non-hydrogen) atoms. The summed E-state index contributed by atoms with van der Waals surface area (Å²) in [6.45, 7) is 3.41. The van der Waals surface area contributed by atoms with E-state index in [4.69, 9.17) is 0 Å². The zero-order chi connectivity index (χ0) is 12.5. The fourth-order valence-corrected chi connectivity index (χ4v) is 4.30. The minimum atomic E-state index is 0.680. The number of rotatable bonds is 4. The van der Waals surface area contributed by atoms with Gasteiger partial charge in [0.1, 0.15) is 0 Å². The van der Waals surface area contributed by atoms with Crippen molar-refractivity contribution in [2.24, 2.45) is 17.8 Å². The number of benzene rings is 1. The van der Waals surface area contributed by atoms with E-state index in [0.29, 0.717) is 6.04 Å². The summed E-state index contributed by atoms with van der Waals surface area (Å²) in [7, 11) is 0. The fourth-order valence-electron chi connectivity index (χ4n) is 3.94. The smallest absolute Gasteiger partial charge is 0.0208 e. The van der Waals surface area contributed by atoms with E-state index in [1.807, 2.05) is 0 Å². The van der Waals surface area contributed by atoms with Crippen LogP contribution < -0.4 is 5.32 Å². The molecule has 1 aromatic carbocycles. The summed E-state index contributed by atoms with van der Waals surface area (Å²) in [5.74, 6) is 3.02. The summed E-state index contributed by atoms with van der Waals surface area (Å²) in [6, 6.07) is 9.55. The highest BCUT2D eigenvalue weighted by atomic mass is 127. The van der Waals surface area contributed by atoms with E-state index in [-0.39, 0.29) is 0 Å². The Labute approximate surface area is 124 Å². The van der Waals surface area contributed by atoms with Crippen molar-refractivity contribution in [1.82, 2.24) is 5.32 Å². The van der Waals surface area contributed by atoms with Gasteiger partial charge in [0, 0.05) is 16.2 Å². The van der Waals surface area contributed by atoms with Gasteiger partial charge in [0.05, 0.1) is 0 Å². The Hall–Kier alpha value is -0.0900. The van der Waals surface area contributed by atoms with Crippen molar-refractivity contribution in [3.63, 3.8) is 0 Å². The van der Waals surface area contributed by atoms with Gasteiger partial charge in [-0.25, -0.2) is 0 Å². The van der Waals surface area contributed by atoms with Crippen molar-refractivity contribution in [3.05, 3.63) is 33.4 Å². The number of nitrogens with one attached hydrogen (secondary N) is 1. The van der Waals surface area contributed by atoms with Gasteiger partial charge in [0.25, 0.3) is 0 Å². The third-order valence-corrected chi connectivity index (χ3v) is 5.70. The van der Waals surface area contributed by atoms with Gasteiger partial charge in [0.15, 0.2) is 0 Å². The van der Waals surface area contributed by atoms with Gasteiger partial charge in [0.2, 0.25) is 0 Å². The van der Waals surface area contributed by atoms with E-state index >= 15 is 0 Å². The van der Waals surface area contributed by atoms with Crippen molar-refractivity contribution in [2.75, 3.05) is 0 Å². The van der Waals surface area contributed by atoms with Crippen LogP contribution >= 0.6 is 22.6 Å². The minimum Gasteiger partial charge on any atom is -0.310 e. The van der Waals surface area contributed by atoms with E-state index in [0.717, 1.165) is 24.3 Å². The lowest BCUT2D eigenvalue weighted by Crippen LogP contribution is -2.35. The van der Waals surface area contributed by atoms with Crippen LogP contribution in [0.1, 0.15) is 38.2 Å². The molecule has 2 aliphatic carbocycles. The maximum absolute atomic E-state index is 3.74. The first-order chi connectivity index (χ1) is 8.72. The zero-order valence-corrected chi connectivity index (χ0v) is 13.2. The Morgan fingerprint density at radius 1 is 1.22 bits per heavy atom. The lowest BCUT2D eigenvalue weighted by atomic mass is 9.84. The van der Waals surface area contributed by atoms with Gasteiger partial charge in [-0.1, -0.05) is 18.6 Å². The van der Waals surface area contributed by atoms with Gasteiger partial charge in [-0.15, -0.1) is 0 Å². The van der Waals surface area contributed by atoms with E-state index < -0.39 is 0 Å². The summed E-state index contributed by atoms with van der Waals surface area (Å²) in [5.41, 5.74) is 1.41. The van der Waals surface area contributed by atoms with E-state index in [1.54, 1.807) is 0 Å². The van der Waals surface area contributed by atoms with Crippen LogP contribution in [-0.2, 0) is 6.54 Å². The Kier molecular flexibility index (Phi) is 3.94. The van der Waals surface area contributed by atoms with Crippen molar-refractivity contribution in [3.8, 4) is 0 Å². The van der Waals surface area contributed by atoms with Gasteiger partial charge >= 0.3 is 0 Å². The quantitative estimate of drug-likeness (QED) is 0.798. The molecule has 0 spiro atoms. The van der Waals surface area contributed by atoms with Crippen LogP contribution in [0.15, 0.2) is 24.3 Å². The summed E-state index contributed by atoms with van der Waals surface area (Å²) < 4.78 is 1.32. The van der Waals surface area contributed by atoms with Crippen LogP contribution in [0.3, 0.4) is 0 Å². The van der Waals surface area contributed by atoms with Gasteiger partial charge < -0.3 is 5.32 Å². The summed E-state index contributed by atoms with van der Waals surface area (Å²) in [5, 5.41) is 3.74. The van der Waals surface area contributed by atoms with Crippen LogP contribution in [0.2, 0.25) is 0 Å². The maximum atomic E-state index is 3.74. The monoisotopic (exact) mass is 355 g/mol. The molecule has 0 aromatic heterocycles. The van der Waals surface area contributed by atoms with Gasteiger partial charge in [-0.05, 0) is 84.2 Å². The van der Waals surface area contributed by atoms with Crippen molar-refractivity contribution in [2.45, 2.75) is 45.2 Å². The first-order valence-corrected chi connectivity index (χ1v) is 8.28. The van der Waals surface area contributed by atoms with Crippen LogP contribution in [-0.4, -0.2) is 6.04 Å². The average molecular weight is 355 g/mol. The zero-order valence-electron chi connectivity index (χ0n) is 11.0. The third-order valence-electron chi connectivity index (χ3n) is 4.98. The topological polar surface area (TPSA) is 12.0 Å². The Morgan fingerprint density at radius 3 is 2.61 bits per heavy atom. The third kappa shape index (κ3) is 2.74. The molecule has 2 saturated carbocycles. The van der Waals surface area contributed by atoms with E-state index in [1.165, 1.54) is 34.8 Å². The molecule has 0 amide bonds. The Morgan fingerprint density at radius 2 is 2.00 bits per heavy atom. The molecule has 3 rings (SSSR count). The average Bonchev–Trinajstić information content (AvgIpc) is 3.00. The molecule has 1 aromatic rings. The van der Waals surface area contributed by atoms with Gasteiger partial charge in [-0.2, -0.15) is 0 Å². The number of halogens is 1. The lowest BCUT2D eigenvalue weighted by Gasteiger charge is -2.28. The molecule has 1 N–H and O–H groups in total. The molecule has 4 unspecified atom stereocenters. The highest BCUT2D eigenvalue weighted by molar-refractivity contribution is 14.1. The number of hydrogen-bond acceptors (Lipinski definition) is 1. The number of fused-ring (bicyclic) bond motifs is 2. The predicted octanol–water partition coefficient (Wildman–Crippen LogP) is 4.21. The van der Waals surface area contributed by atoms with Crippen LogP contribution in [0.4, 0.5) is 0 Å². The molecule has 2 aliphatic rings. The van der Waals surface area contributed by atoms with Crippen LogP contribution in [0.25, 0.3) is 0 Å². The maximum Gasteiger partial charge on any atom is 0.0208 e. The molecule has 1 nitrogen and oxygen atoms in total. The highest BCUT2D eigenvalue weighted by Crippen LogP contribution is 2.49. The van der Waals surface area contributed by atoms with Crippen LogP contribution in [0.5, 0.6) is 0 Å². The summed E-state index contributed by atoms with van der Waals surface area (Å²) >= 11 is 2.36. The first-order valence-electron chi connectivity index (χ1n) is 7.20. The second-order valence-corrected chi connectivity index (χ2v) is 7.38. The SMILES string of the molecule is CC(NCc1ccc(I)cc1)C1CC2CCC1C2. The largest absolute Gasteiger partial charge is 0.310 e. The molecule has 0 saturated heterocycles. The first kappa shape index (κ1) is 12.9. The standard InChI is InChI=1S/C16H22IN/c1-11(16-9-13-2-5-14(16)8-13)18-10-12-3-6-15(17)7-4-12/h3-4,6-7,11,13-14,16,18H,2,5,8-10H2,1H3.